The Labute approximate surface area is 182 Å². The number of benzene rings is 3. The molecular formula is C22H18FNO7S. The fraction of sp³-hybridized carbons (Fsp3) is 0.0909. The maximum absolute atomic E-state index is 12.3. The van der Waals surface area contributed by atoms with Crippen LogP contribution in [0.3, 0.4) is 0 Å². The van der Waals surface area contributed by atoms with Gasteiger partial charge in [-0.15, -0.1) is 0 Å². The van der Waals surface area contributed by atoms with Crippen LogP contribution in [-0.2, 0) is 10.5 Å². The van der Waals surface area contributed by atoms with Crippen molar-refractivity contribution in [2.45, 2.75) is 0 Å². The molecule has 8 nitrogen and oxygen atoms in total. The summed E-state index contributed by atoms with van der Waals surface area (Å²) in [5.74, 6) is 0.219. The molecule has 0 aliphatic carbocycles. The van der Waals surface area contributed by atoms with Gasteiger partial charge < -0.3 is 14.6 Å². The van der Waals surface area contributed by atoms with Crippen LogP contribution < -0.4 is 9.47 Å². The number of methoxy groups -OCH3 is 2. The highest BCUT2D eigenvalue weighted by atomic mass is 32.3. The quantitative estimate of drug-likeness (QED) is 0.259. The molecule has 0 bridgehead atoms. The molecule has 1 heterocycles. The molecule has 0 saturated carbocycles. The number of carbonyl (C=O) groups is 1. The number of hydrogen-bond acceptors (Lipinski definition) is 6. The lowest BCUT2D eigenvalue weighted by Crippen LogP contribution is -2.03. The molecule has 0 aliphatic heterocycles. The Kier molecular flexibility index (Phi) is 6.56. The normalized spacial score (nSPS) is 11.0. The van der Waals surface area contributed by atoms with Crippen LogP contribution in [0.1, 0.15) is 10.4 Å². The number of rotatable bonds is 4. The van der Waals surface area contributed by atoms with E-state index in [2.05, 4.69) is 0 Å². The maximum Gasteiger partial charge on any atom is 0.435 e. The van der Waals surface area contributed by atoms with Crippen molar-refractivity contribution in [3.05, 3.63) is 66.2 Å². The zero-order chi connectivity index (χ0) is 23.5. The third kappa shape index (κ3) is 4.93. The summed E-state index contributed by atoms with van der Waals surface area (Å²) >= 11 is 0. The molecule has 0 amide bonds. The van der Waals surface area contributed by atoms with E-state index in [9.17, 15) is 13.8 Å². The lowest BCUT2D eigenvalue weighted by Gasteiger charge is -2.16. The average molecular weight is 459 g/mol. The first-order valence-corrected chi connectivity index (χ1v) is 10.4. The highest BCUT2D eigenvalue weighted by molar-refractivity contribution is 7.80. The van der Waals surface area contributed by atoms with Crippen LogP contribution in [0, 0.1) is 0 Å². The number of carboxylic acid groups (broad SMARTS) is 1. The van der Waals surface area contributed by atoms with Crippen LogP contribution >= 0.6 is 0 Å². The van der Waals surface area contributed by atoms with Crippen molar-refractivity contribution >= 4 is 38.3 Å². The van der Waals surface area contributed by atoms with Gasteiger partial charge in [-0.1, -0.05) is 34.2 Å². The molecule has 10 heteroatoms. The van der Waals surface area contributed by atoms with E-state index in [-0.39, 0.29) is 5.56 Å². The second-order valence-corrected chi connectivity index (χ2v) is 7.31. The minimum atomic E-state index is -5.17. The van der Waals surface area contributed by atoms with Gasteiger partial charge in [0.1, 0.15) is 11.5 Å². The third-order valence-corrected chi connectivity index (χ3v) is 4.61. The molecule has 0 fully saturated rings. The van der Waals surface area contributed by atoms with E-state index in [0.29, 0.717) is 33.3 Å². The van der Waals surface area contributed by atoms with Gasteiger partial charge in [0.05, 0.1) is 30.8 Å². The molecular weight excluding hydrogens is 441 g/mol. The highest BCUT2D eigenvalue weighted by Crippen LogP contribution is 2.40. The molecule has 1 aromatic heterocycles. The van der Waals surface area contributed by atoms with Gasteiger partial charge in [-0.05, 0) is 29.8 Å². The van der Waals surface area contributed by atoms with Gasteiger partial charge in [0, 0.05) is 22.4 Å². The van der Waals surface area contributed by atoms with Gasteiger partial charge in [-0.3, -0.25) is 4.55 Å². The topological polar surface area (TPSA) is 123 Å². The Bertz CT molecular complexity index is 1400. The van der Waals surface area contributed by atoms with Crippen molar-refractivity contribution in [3.63, 3.8) is 0 Å². The zero-order valence-electron chi connectivity index (χ0n) is 16.9. The molecule has 0 aliphatic rings. The van der Waals surface area contributed by atoms with E-state index >= 15 is 0 Å². The van der Waals surface area contributed by atoms with Crippen LogP contribution in [0.25, 0.3) is 32.9 Å². The fourth-order valence-electron chi connectivity index (χ4n) is 3.41. The Morgan fingerprint density at radius 1 is 0.969 bits per heavy atom. The predicted molar refractivity (Wildman–Crippen MR) is 117 cm³/mol. The molecule has 0 saturated heterocycles. The summed E-state index contributed by atoms with van der Waals surface area (Å²) in [6.07, 6.45) is 0. The summed E-state index contributed by atoms with van der Waals surface area (Å²) in [5, 5.41) is 11.2. The summed E-state index contributed by atoms with van der Waals surface area (Å²) in [6, 6.07) is 18.4. The Balaban J connectivity index is 0.000000523. The van der Waals surface area contributed by atoms with E-state index in [1.165, 1.54) is 0 Å². The van der Waals surface area contributed by atoms with Crippen LogP contribution in [0.5, 0.6) is 11.5 Å². The molecule has 0 spiro atoms. The van der Waals surface area contributed by atoms with Crippen molar-refractivity contribution < 1.29 is 36.2 Å². The standard InChI is InChI=1S/C22H17NO4.FHO3S/c1-26-14-8-9-15-17(12-14)23-16-10-11-18(27-2)19(13-6-4-3-5-7-13)21(16)20(15)22(24)25;1-5(2,3)4/h3-12H,1-2H3,(H,24,25);(H,2,3,4). The Morgan fingerprint density at radius 2 is 1.62 bits per heavy atom. The number of pyridine rings is 1. The van der Waals surface area contributed by atoms with Gasteiger partial charge >= 0.3 is 16.5 Å². The molecule has 4 aromatic rings. The number of halogens is 1. The number of nitrogens with zero attached hydrogens (tertiary/aromatic N) is 1. The van der Waals surface area contributed by atoms with Gasteiger partial charge in [0.15, 0.2) is 0 Å². The van der Waals surface area contributed by atoms with E-state index in [1.807, 2.05) is 36.4 Å². The largest absolute Gasteiger partial charge is 0.497 e. The van der Waals surface area contributed by atoms with Crippen LogP contribution in [0.15, 0.2) is 60.7 Å². The lowest BCUT2D eigenvalue weighted by atomic mass is 9.93. The Hall–Kier alpha value is -3.76. The number of ether oxygens (including phenoxy) is 2. The SMILES string of the molecule is COc1ccc2c(C(=O)O)c3c(-c4ccccc4)c(OC)ccc3nc2c1.O=S(=O)(O)F. The van der Waals surface area contributed by atoms with Gasteiger partial charge in [-0.25, -0.2) is 9.78 Å². The first-order valence-electron chi connectivity index (χ1n) is 9.08. The van der Waals surface area contributed by atoms with Crippen LogP contribution in [0.4, 0.5) is 3.89 Å². The molecule has 3 aromatic carbocycles. The molecule has 0 atom stereocenters. The van der Waals surface area contributed by atoms with Gasteiger partial charge in [-0.2, -0.15) is 8.42 Å². The van der Waals surface area contributed by atoms with Crippen LogP contribution in [0.2, 0.25) is 0 Å². The third-order valence-electron chi connectivity index (χ3n) is 4.61. The van der Waals surface area contributed by atoms with Crippen molar-refractivity contribution in [1.82, 2.24) is 4.98 Å². The van der Waals surface area contributed by atoms with E-state index in [4.69, 9.17) is 27.4 Å². The van der Waals surface area contributed by atoms with E-state index < -0.39 is 16.5 Å². The monoisotopic (exact) mass is 459 g/mol. The summed E-state index contributed by atoms with van der Waals surface area (Å²) in [4.78, 5) is 17.0. The number of hydrogen-bond donors (Lipinski definition) is 2. The fourth-order valence-corrected chi connectivity index (χ4v) is 3.41. The van der Waals surface area contributed by atoms with Crippen molar-refractivity contribution in [3.8, 4) is 22.6 Å². The molecule has 32 heavy (non-hydrogen) atoms. The second-order valence-electron chi connectivity index (χ2n) is 6.49. The first-order chi connectivity index (χ1) is 15.1. The van der Waals surface area contributed by atoms with Crippen LogP contribution in [-0.4, -0.2) is 43.2 Å². The number of fused-ring (bicyclic) bond motifs is 2. The molecule has 4 rings (SSSR count). The average Bonchev–Trinajstić information content (AvgIpc) is 2.75. The first kappa shape index (κ1) is 22.9. The molecule has 0 unspecified atom stereocenters. The highest BCUT2D eigenvalue weighted by Gasteiger charge is 2.21. The number of carboxylic acids is 1. The van der Waals surface area contributed by atoms with E-state index in [1.54, 1.807) is 38.5 Å². The number of aromatic nitrogens is 1. The maximum atomic E-state index is 12.3. The molecule has 2 N–H and O–H groups in total. The summed E-state index contributed by atoms with van der Waals surface area (Å²) in [5.41, 5.74) is 2.96. The lowest BCUT2D eigenvalue weighted by molar-refractivity contribution is 0.0701. The second kappa shape index (κ2) is 9.16. The van der Waals surface area contributed by atoms with Crippen molar-refractivity contribution in [1.29, 1.82) is 0 Å². The minimum Gasteiger partial charge on any atom is -0.497 e. The zero-order valence-corrected chi connectivity index (χ0v) is 17.8. The minimum absolute atomic E-state index is 0.204. The predicted octanol–water partition coefficient (Wildman–Crippen LogP) is 4.53. The Morgan fingerprint density at radius 3 is 2.19 bits per heavy atom. The molecule has 0 radical (unpaired) electrons. The van der Waals surface area contributed by atoms with E-state index in [0.717, 1.165) is 11.1 Å². The molecule has 166 valence electrons. The number of aromatic carboxylic acids is 1. The van der Waals surface area contributed by atoms with Crippen molar-refractivity contribution in [2.24, 2.45) is 0 Å². The summed E-state index contributed by atoms with van der Waals surface area (Å²) in [7, 11) is -2.02. The summed E-state index contributed by atoms with van der Waals surface area (Å²) < 4.78 is 44.9. The smallest absolute Gasteiger partial charge is 0.435 e. The summed E-state index contributed by atoms with van der Waals surface area (Å²) in [6.45, 7) is 0. The van der Waals surface area contributed by atoms with Gasteiger partial charge in [0.2, 0.25) is 0 Å². The van der Waals surface area contributed by atoms with Crippen molar-refractivity contribution in [2.75, 3.05) is 14.2 Å². The van der Waals surface area contributed by atoms with Gasteiger partial charge in [0.25, 0.3) is 0 Å².